The molecule has 0 aromatic heterocycles. The Kier molecular flexibility index (Phi) is 42.0. The standard InChI is InChI=1S/C49H85NO3/c1-3-5-7-9-11-13-15-17-19-21-22-23-24-25-26-27-29-30-32-34-36-38-40-42-44-48(52)47(46-51)50-49(53)45-43-41-39-37-35-33-31-28-20-18-16-14-12-10-8-6-4-2/h6,8,12,14,18,20,27,29,31,33-34,36,42,44,47-48,51-52H,3-5,7,9-11,13,15-17,19,21-26,28,30,32,35,37-41,43,45-46H2,1-2H3,(H,50,53)/b8-6-,14-12-,20-18-,29-27+,33-31-,36-34+,44-42+. The smallest absolute Gasteiger partial charge is 0.220 e. The molecule has 0 spiro atoms. The zero-order valence-electron chi connectivity index (χ0n) is 34.8. The fourth-order valence-electron chi connectivity index (χ4n) is 6.20. The lowest BCUT2D eigenvalue weighted by molar-refractivity contribution is -0.123. The van der Waals surface area contributed by atoms with Gasteiger partial charge in [-0.25, -0.2) is 0 Å². The van der Waals surface area contributed by atoms with Gasteiger partial charge >= 0.3 is 0 Å². The summed E-state index contributed by atoms with van der Waals surface area (Å²) in [7, 11) is 0. The Labute approximate surface area is 329 Å². The Balaban J connectivity index is 3.70. The van der Waals surface area contributed by atoms with Crippen LogP contribution in [-0.2, 0) is 4.79 Å². The van der Waals surface area contributed by atoms with Gasteiger partial charge < -0.3 is 15.5 Å². The van der Waals surface area contributed by atoms with E-state index in [1.165, 1.54) is 96.3 Å². The molecule has 0 saturated carbocycles. The van der Waals surface area contributed by atoms with E-state index >= 15 is 0 Å². The van der Waals surface area contributed by atoms with Crippen molar-refractivity contribution in [2.75, 3.05) is 6.61 Å². The van der Waals surface area contributed by atoms with Gasteiger partial charge in [0.1, 0.15) is 0 Å². The van der Waals surface area contributed by atoms with E-state index in [1.807, 2.05) is 6.08 Å². The number of rotatable bonds is 39. The highest BCUT2D eigenvalue weighted by Crippen LogP contribution is 2.14. The largest absolute Gasteiger partial charge is 0.394 e. The van der Waals surface area contributed by atoms with Crippen LogP contribution in [0.3, 0.4) is 0 Å². The maximum atomic E-state index is 12.4. The van der Waals surface area contributed by atoms with Gasteiger partial charge in [-0.1, -0.05) is 195 Å². The monoisotopic (exact) mass is 736 g/mol. The summed E-state index contributed by atoms with van der Waals surface area (Å²) in [6.07, 6.45) is 64.1. The van der Waals surface area contributed by atoms with Crippen molar-refractivity contribution >= 4 is 5.91 Å². The molecule has 0 heterocycles. The molecule has 304 valence electrons. The molecule has 0 radical (unpaired) electrons. The van der Waals surface area contributed by atoms with Gasteiger partial charge in [-0.3, -0.25) is 4.79 Å². The number of hydrogen-bond donors (Lipinski definition) is 3. The first-order chi connectivity index (χ1) is 26.2. The van der Waals surface area contributed by atoms with Crippen molar-refractivity contribution in [3.63, 3.8) is 0 Å². The first-order valence-electron chi connectivity index (χ1n) is 22.3. The second-order valence-electron chi connectivity index (χ2n) is 14.7. The van der Waals surface area contributed by atoms with Gasteiger partial charge in [-0.15, -0.1) is 0 Å². The molecule has 4 heteroatoms. The van der Waals surface area contributed by atoms with Crippen LogP contribution in [0.15, 0.2) is 85.1 Å². The molecular formula is C49H85NO3. The molecule has 3 N–H and O–H groups in total. The van der Waals surface area contributed by atoms with Gasteiger partial charge in [0.15, 0.2) is 0 Å². The summed E-state index contributed by atoms with van der Waals surface area (Å²) in [5, 5.41) is 23.0. The van der Waals surface area contributed by atoms with E-state index in [0.717, 1.165) is 83.5 Å². The number of carbonyl (C=O) groups is 1. The average Bonchev–Trinajstić information content (AvgIpc) is 3.16. The molecule has 2 atom stereocenters. The molecule has 0 bridgehead atoms. The maximum absolute atomic E-state index is 12.4. The number of aliphatic hydroxyl groups is 2. The van der Waals surface area contributed by atoms with Crippen molar-refractivity contribution in [1.29, 1.82) is 0 Å². The third-order valence-electron chi connectivity index (χ3n) is 9.59. The fraction of sp³-hybridized carbons (Fsp3) is 0.694. The van der Waals surface area contributed by atoms with Gasteiger partial charge in [-0.2, -0.15) is 0 Å². The second-order valence-corrected chi connectivity index (χ2v) is 14.7. The van der Waals surface area contributed by atoms with E-state index in [2.05, 4.69) is 92.1 Å². The van der Waals surface area contributed by atoms with Crippen LogP contribution in [0.4, 0.5) is 0 Å². The highest BCUT2D eigenvalue weighted by atomic mass is 16.3. The first kappa shape index (κ1) is 50.6. The van der Waals surface area contributed by atoms with E-state index in [-0.39, 0.29) is 12.5 Å². The summed E-state index contributed by atoms with van der Waals surface area (Å²) in [6, 6.07) is -0.663. The van der Waals surface area contributed by atoms with Crippen molar-refractivity contribution in [2.24, 2.45) is 0 Å². The van der Waals surface area contributed by atoms with Crippen LogP contribution in [0.5, 0.6) is 0 Å². The number of allylic oxidation sites excluding steroid dienone is 13. The van der Waals surface area contributed by atoms with Gasteiger partial charge in [0.25, 0.3) is 0 Å². The summed E-state index contributed by atoms with van der Waals surface area (Å²) in [5.41, 5.74) is 0. The molecule has 4 nitrogen and oxygen atoms in total. The number of amides is 1. The van der Waals surface area contributed by atoms with Crippen molar-refractivity contribution in [1.82, 2.24) is 5.32 Å². The van der Waals surface area contributed by atoms with E-state index in [1.54, 1.807) is 6.08 Å². The fourth-order valence-corrected chi connectivity index (χ4v) is 6.20. The van der Waals surface area contributed by atoms with Gasteiger partial charge in [0.05, 0.1) is 18.8 Å². The minimum atomic E-state index is -0.885. The minimum Gasteiger partial charge on any atom is -0.394 e. The predicted octanol–water partition coefficient (Wildman–Crippen LogP) is 14.1. The molecule has 0 saturated heterocycles. The van der Waals surface area contributed by atoms with Gasteiger partial charge in [-0.05, 0) is 83.5 Å². The lowest BCUT2D eigenvalue weighted by Crippen LogP contribution is -2.45. The van der Waals surface area contributed by atoms with Crippen LogP contribution in [0, 0.1) is 0 Å². The Morgan fingerprint density at radius 2 is 0.849 bits per heavy atom. The number of carbonyl (C=O) groups excluding carboxylic acids is 1. The van der Waals surface area contributed by atoms with E-state index in [9.17, 15) is 15.0 Å². The average molecular weight is 736 g/mol. The molecule has 0 fully saturated rings. The summed E-state index contributed by atoms with van der Waals surface area (Å²) >= 11 is 0. The van der Waals surface area contributed by atoms with Gasteiger partial charge in [0.2, 0.25) is 5.91 Å². The molecule has 0 aliphatic rings. The Hall–Kier alpha value is -2.43. The van der Waals surface area contributed by atoms with Crippen LogP contribution in [-0.4, -0.2) is 34.9 Å². The molecule has 0 rings (SSSR count). The number of unbranched alkanes of at least 4 members (excludes halogenated alkanes) is 20. The van der Waals surface area contributed by atoms with E-state index in [4.69, 9.17) is 0 Å². The zero-order chi connectivity index (χ0) is 38.6. The molecule has 0 aliphatic carbocycles. The third-order valence-corrected chi connectivity index (χ3v) is 9.59. The van der Waals surface area contributed by atoms with E-state index < -0.39 is 12.1 Å². The molecule has 53 heavy (non-hydrogen) atoms. The number of aliphatic hydroxyl groups excluding tert-OH is 2. The number of nitrogens with one attached hydrogen (secondary N) is 1. The van der Waals surface area contributed by atoms with Crippen molar-refractivity contribution in [3.05, 3.63) is 85.1 Å². The highest BCUT2D eigenvalue weighted by Gasteiger charge is 2.17. The maximum Gasteiger partial charge on any atom is 0.220 e. The summed E-state index contributed by atoms with van der Waals surface area (Å²) < 4.78 is 0. The van der Waals surface area contributed by atoms with Crippen LogP contribution in [0.25, 0.3) is 0 Å². The lowest BCUT2D eigenvalue weighted by Gasteiger charge is -2.19. The normalized spacial score (nSPS) is 13.8. The Bertz CT molecular complexity index is 972. The topological polar surface area (TPSA) is 69.6 Å². The molecule has 1 amide bonds. The van der Waals surface area contributed by atoms with Crippen LogP contribution < -0.4 is 5.32 Å². The lowest BCUT2D eigenvalue weighted by atomic mass is 10.0. The highest BCUT2D eigenvalue weighted by molar-refractivity contribution is 5.76. The Morgan fingerprint density at radius 3 is 1.32 bits per heavy atom. The van der Waals surface area contributed by atoms with Gasteiger partial charge in [0, 0.05) is 6.42 Å². The molecule has 2 unspecified atom stereocenters. The van der Waals surface area contributed by atoms with Crippen molar-refractivity contribution in [3.8, 4) is 0 Å². The second kappa shape index (κ2) is 44.0. The summed E-state index contributed by atoms with van der Waals surface area (Å²) in [4.78, 5) is 12.4. The summed E-state index contributed by atoms with van der Waals surface area (Å²) in [5.74, 6) is -0.105. The van der Waals surface area contributed by atoms with Crippen molar-refractivity contribution in [2.45, 2.75) is 212 Å². The quantitative estimate of drug-likeness (QED) is 0.0435. The van der Waals surface area contributed by atoms with Crippen LogP contribution in [0.1, 0.15) is 200 Å². The molecule has 0 aromatic rings. The molecule has 0 aromatic carbocycles. The van der Waals surface area contributed by atoms with E-state index in [0.29, 0.717) is 6.42 Å². The van der Waals surface area contributed by atoms with Crippen LogP contribution >= 0.6 is 0 Å². The third kappa shape index (κ3) is 40.6. The SMILES string of the molecule is CC/C=C\C/C=C\C/C=C\C/C=C\CCCCCCC(=O)NC(CO)C(O)/C=C/CC/C=C/CC/C=C/CCCCCCCCCCCCCCCC. The number of hydrogen-bond acceptors (Lipinski definition) is 3. The van der Waals surface area contributed by atoms with Crippen LogP contribution in [0.2, 0.25) is 0 Å². The predicted molar refractivity (Wildman–Crippen MR) is 234 cm³/mol. The zero-order valence-corrected chi connectivity index (χ0v) is 34.8. The summed E-state index contributed by atoms with van der Waals surface area (Å²) in [6.45, 7) is 4.16. The molecule has 0 aliphatic heterocycles. The van der Waals surface area contributed by atoms with Crippen molar-refractivity contribution < 1.29 is 15.0 Å². The Morgan fingerprint density at radius 1 is 0.472 bits per heavy atom. The first-order valence-corrected chi connectivity index (χ1v) is 22.3. The molecular weight excluding hydrogens is 651 g/mol. The minimum absolute atomic E-state index is 0.105.